The van der Waals surface area contributed by atoms with E-state index in [2.05, 4.69) is 82.6 Å². The van der Waals surface area contributed by atoms with Crippen molar-refractivity contribution in [1.29, 1.82) is 0 Å². The van der Waals surface area contributed by atoms with Gasteiger partial charge in [-0.05, 0) is 93.7 Å². The molecule has 1 amide bonds. The molecule has 5 rings (SSSR count). The van der Waals surface area contributed by atoms with Crippen molar-refractivity contribution in [2.45, 2.75) is 32.4 Å². The summed E-state index contributed by atoms with van der Waals surface area (Å²) < 4.78 is 13.2. The van der Waals surface area contributed by atoms with E-state index in [9.17, 15) is 4.79 Å². The Morgan fingerprint density at radius 3 is 2.58 bits per heavy atom. The van der Waals surface area contributed by atoms with Crippen LogP contribution in [0.25, 0.3) is 16.8 Å². The summed E-state index contributed by atoms with van der Waals surface area (Å²) >= 11 is 3.75. The Balaban J connectivity index is 1.33. The number of anilines is 1. The quantitative estimate of drug-likeness (QED) is 0.147. The minimum absolute atomic E-state index is 0.0954. The average molecular weight is 637 g/mol. The van der Waals surface area contributed by atoms with Crippen LogP contribution in [0.1, 0.15) is 30.5 Å². The molecule has 38 heavy (non-hydrogen) atoms. The van der Waals surface area contributed by atoms with Gasteiger partial charge in [-0.2, -0.15) is 0 Å². The summed E-state index contributed by atoms with van der Waals surface area (Å²) in [5, 5.41) is 8.75. The molecule has 0 radical (unpaired) electrons. The molecule has 0 unspecified atom stereocenters. The molecule has 4 aromatic carbocycles. The lowest BCUT2D eigenvalue weighted by molar-refractivity contribution is -0.116. The molecule has 2 N–H and O–H groups in total. The van der Waals surface area contributed by atoms with E-state index in [-0.39, 0.29) is 11.4 Å². The third kappa shape index (κ3) is 6.10. The molecule has 1 fully saturated rings. The minimum atomic E-state index is -0.227. The molecule has 1 saturated heterocycles. The molecular formula is C31H29IN2O3S. The van der Waals surface area contributed by atoms with E-state index in [1.54, 1.807) is 0 Å². The zero-order chi connectivity index (χ0) is 26.5. The fourth-order valence-corrected chi connectivity index (χ4v) is 6.11. The van der Waals surface area contributed by atoms with Gasteiger partial charge in [-0.3, -0.25) is 4.79 Å². The van der Waals surface area contributed by atoms with Gasteiger partial charge in [0.1, 0.15) is 6.61 Å². The van der Waals surface area contributed by atoms with Crippen molar-refractivity contribution in [3.05, 3.63) is 104 Å². The van der Waals surface area contributed by atoms with E-state index in [0.29, 0.717) is 29.6 Å². The number of carbonyl (C=O) groups is 1. The van der Waals surface area contributed by atoms with Crippen LogP contribution in [0.15, 0.2) is 83.8 Å². The largest absolute Gasteiger partial charge is 0.490 e. The van der Waals surface area contributed by atoms with Gasteiger partial charge in [-0.25, -0.2) is 0 Å². The van der Waals surface area contributed by atoms with Crippen LogP contribution in [0.2, 0.25) is 0 Å². The zero-order valence-corrected chi connectivity index (χ0v) is 24.3. The van der Waals surface area contributed by atoms with Gasteiger partial charge >= 0.3 is 0 Å². The number of thioether (sulfide) groups is 1. The number of rotatable bonds is 9. The molecule has 194 valence electrons. The lowest BCUT2D eigenvalue weighted by atomic mass is 10.1. The van der Waals surface area contributed by atoms with E-state index in [1.165, 1.54) is 28.1 Å². The topological polar surface area (TPSA) is 59.6 Å². The molecule has 0 bridgehead atoms. The van der Waals surface area contributed by atoms with Crippen molar-refractivity contribution in [2.75, 3.05) is 11.9 Å². The fraction of sp³-hybridized carbons (Fsp3) is 0.194. The molecule has 4 aromatic rings. The third-order valence-corrected chi connectivity index (χ3v) is 8.10. The molecular weight excluding hydrogens is 607 g/mol. The first kappa shape index (κ1) is 26.4. The van der Waals surface area contributed by atoms with E-state index in [0.717, 1.165) is 26.8 Å². The Morgan fingerprint density at radius 2 is 1.79 bits per heavy atom. The predicted molar refractivity (Wildman–Crippen MR) is 166 cm³/mol. The van der Waals surface area contributed by atoms with Crippen LogP contribution in [0.4, 0.5) is 5.69 Å². The number of ether oxygens (including phenoxy) is 2. The summed E-state index contributed by atoms with van der Waals surface area (Å²) in [6, 6.07) is 26.8. The van der Waals surface area contributed by atoms with Crippen molar-refractivity contribution < 1.29 is 14.3 Å². The van der Waals surface area contributed by atoms with Crippen molar-refractivity contribution in [1.82, 2.24) is 5.32 Å². The summed E-state index contributed by atoms with van der Waals surface area (Å²) in [6.07, 6.45) is 2.90. The highest BCUT2D eigenvalue weighted by Gasteiger charge is 2.27. The van der Waals surface area contributed by atoms with Crippen molar-refractivity contribution in [2.24, 2.45) is 0 Å². The van der Waals surface area contributed by atoms with Crippen molar-refractivity contribution >= 4 is 62.8 Å². The van der Waals surface area contributed by atoms with Gasteiger partial charge in [0.2, 0.25) is 0 Å². The number of carbonyl (C=O) groups excluding carboxylic acids is 1. The van der Waals surface area contributed by atoms with Crippen LogP contribution in [-0.4, -0.2) is 18.0 Å². The van der Waals surface area contributed by atoms with Gasteiger partial charge in [-0.15, -0.1) is 0 Å². The Kier molecular flexibility index (Phi) is 8.44. The molecule has 0 aliphatic carbocycles. The Hall–Kier alpha value is -3.17. The van der Waals surface area contributed by atoms with E-state index >= 15 is 0 Å². The lowest BCUT2D eigenvalue weighted by Gasteiger charge is -2.16. The molecule has 0 saturated carbocycles. The van der Waals surface area contributed by atoms with Gasteiger partial charge in [0.05, 0.1) is 15.1 Å². The monoisotopic (exact) mass is 636 g/mol. The fourth-order valence-electron chi connectivity index (χ4n) is 4.35. The second kappa shape index (κ2) is 12.1. The lowest BCUT2D eigenvalue weighted by Crippen LogP contribution is -2.30. The van der Waals surface area contributed by atoms with E-state index in [4.69, 9.17) is 9.47 Å². The summed E-state index contributed by atoms with van der Waals surface area (Å²) in [6.45, 7) is 5.03. The number of hydrogen-bond donors (Lipinski definition) is 2. The zero-order valence-electron chi connectivity index (χ0n) is 21.3. The Bertz CT molecular complexity index is 1480. The molecule has 1 atom stereocenters. The standard InChI is InChI=1S/C31H29IN2O3S/c1-3-20-12-14-24(15-13-20)33-31-34-30(35)28(38-31)18-21-16-26(32)29(27(17-21)36-4-2)37-19-23-10-7-9-22-8-5-6-11-25(22)23/h5-18,31,33H,3-4,19H2,1-2H3,(H,34,35)/b28-18-/t31-/m1/s1. The van der Waals surface area contributed by atoms with Crippen LogP contribution >= 0.6 is 34.4 Å². The minimum Gasteiger partial charge on any atom is -0.490 e. The van der Waals surface area contributed by atoms with Gasteiger partial charge in [0, 0.05) is 5.69 Å². The summed E-state index contributed by atoms with van der Waals surface area (Å²) in [5.74, 6) is 1.28. The number of benzene rings is 4. The average Bonchev–Trinajstić information content (AvgIpc) is 3.26. The number of halogens is 1. The highest BCUT2D eigenvalue weighted by atomic mass is 127. The molecule has 1 heterocycles. The van der Waals surface area contributed by atoms with E-state index < -0.39 is 0 Å². The maximum Gasteiger partial charge on any atom is 0.260 e. The predicted octanol–water partition coefficient (Wildman–Crippen LogP) is 7.58. The number of amides is 1. The number of nitrogens with one attached hydrogen (secondary N) is 2. The van der Waals surface area contributed by atoms with Crippen LogP contribution in [0.5, 0.6) is 11.5 Å². The highest BCUT2D eigenvalue weighted by molar-refractivity contribution is 14.1. The maximum atomic E-state index is 12.7. The van der Waals surface area contributed by atoms with Crippen LogP contribution in [-0.2, 0) is 17.8 Å². The first-order valence-corrected chi connectivity index (χ1v) is 14.6. The third-order valence-electron chi connectivity index (χ3n) is 6.27. The molecule has 0 aromatic heterocycles. The first-order valence-electron chi connectivity index (χ1n) is 12.6. The van der Waals surface area contributed by atoms with Gasteiger partial charge < -0.3 is 20.1 Å². The summed E-state index contributed by atoms with van der Waals surface area (Å²) in [5.41, 5.74) is 4.04. The summed E-state index contributed by atoms with van der Waals surface area (Å²) in [4.78, 5) is 13.4. The molecule has 5 nitrogen and oxygen atoms in total. The van der Waals surface area contributed by atoms with Crippen molar-refractivity contribution in [3.63, 3.8) is 0 Å². The van der Waals surface area contributed by atoms with E-state index in [1.807, 2.05) is 49.4 Å². The second-order valence-corrected chi connectivity index (χ2v) is 11.2. The molecule has 1 aliphatic heterocycles. The number of fused-ring (bicyclic) bond motifs is 1. The maximum absolute atomic E-state index is 12.7. The molecule has 0 spiro atoms. The summed E-state index contributed by atoms with van der Waals surface area (Å²) in [7, 11) is 0. The normalized spacial score (nSPS) is 16.0. The first-order chi connectivity index (χ1) is 18.5. The molecule has 7 heteroatoms. The highest BCUT2D eigenvalue weighted by Crippen LogP contribution is 2.37. The van der Waals surface area contributed by atoms with Gasteiger partial charge in [0.25, 0.3) is 5.91 Å². The Labute approximate surface area is 241 Å². The van der Waals surface area contributed by atoms with Crippen LogP contribution in [0.3, 0.4) is 0 Å². The number of aryl methyl sites for hydroxylation is 1. The van der Waals surface area contributed by atoms with Crippen molar-refractivity contribution in [3.8, 4) is 11.5 Å². The Morgan fingerprint density at radius 1 is 1.00 bits per heavy atom. The van der Waals surface area contributed by atoms with Crippen LogP contribution < -0.4 is 20.1 Å². The SMILES string of the molecule is CCOc1cc(/C=C2\S[C@H](Nc3ccc(CC)cc3)NC2=O)cc(I)c1OCc1cccc2ccccc12. The number of hydrogen-bond acceptors (Lipinski definition) is 5. The molecule has 1 aliphatic rings. The van der Waals surface area contributed by atoms with Gasteiger partial charge in [0.15, 0.2) is 17.0 Å². The van der Waals surface area contributed by atoms with Crippen LogP contribution in [0, 0.1) is 3.57 Å². The smallest absolute Gasteiger partial charge is 0.260 e. The van der Waals surface area contributed by atoms with Gasteiger partial charge in [-0.1, -0.05) is 73.3 Å². The second-order valence-electron chi connectivity index (χ2n) is 8.86.